The molecule has 2 aromatic rings. The van der Waals surface area contributed by atoms with E-state index in [9.17, 15) is 18.0 Å². The molecule has 2 aromatic carbocycles. The molecule has 2 nitrogen and oxygen atoms in total. The van der Waals surface area contributed by atoms with Crippen molar-refractivity contribution in [3.8, 4) is 0 Å². The van der Waals surface area contributed by atoms with Gasteiger partial charge in [-0.2, -0.15) is 0 Å². The van der Waals surface area contributed by atoms with E-state index in [0.717, 1.165) is 11.1 Å². The summed E-state index contributed by atoms with van der Waals surface area (Å²) in [5.41, 5.74) is 1.94. The zero-order valence-electron chi connectivity index (χ0n) is 11.4. The standard InChI is InChI=1S/C16H14F3NO/c1-10-4-2-3-5-11(10)6-7-20-16(21)12-8-13(17)15(19)14(18)9-12/h2-5,8-9H,6-7H2,1H3,(H,20,21). The Morgan fingerprint density at radius 1 is 1.10 bits per heavy atom. The number of amides is 1. The van der Waals surface area contributed by atoms with Crippen molar-refractivity contribution < 1.29 is 18.0 Å². The number of nitrogens with one attached hydrogen (secondary N) is 1. The summed E-state index contributed by atoms with van der Waals surface area (Å²) in [6.07, 6.45) is 0.602. The molecule has 0 saturated carbocycles. The van der Waals surface area contributed by atoms with Crippen molar-refractivity contribution in [2.45, 2.75) is 13.3 Å². The van der Waals surface area contributed by atoms with E-state index in [1.54, 1.807) is 0 Å². The lowest BCUT2D eigenvalue weighted by molar-refractivity contribution is 0.0953. The molecule has 0 atom stereocenters. The van der Waals surface area contributed by atoms with Crippen molar-refractivity contribution in [3.63, 3.8) is 0 Å². The molecule has 0 bridgehead atoms. The lowest BCUT2D eigenvalue weighted by Gasteiger charge is -2.08. The highest BCUT2D eigenvalue weighted by Crippen LogP contribution is 2.13. The van der Waals surface area contributed by atoms with Crippen LogP contribution in [0, 0.1) is 24.4 Å². The van der Waals surface area contributed by atoms with Gasteiger partial charge in [0.05, 0.1) is 0 Å². The molecule has 0 aliphatic carbocycles. The lowest BCUT2D eigenvalue weighted by atomic mass is 10.1. The van der Waals surface area contributed by atoms with Crippen LogP contribution >= 0.6 is 0 Å². The normalized spacial score (nSPS) is 10.5. The van der Waals surface area contributed by atoms with Gasteiger partial charge < -0.3 is 5.32 Å². The molecule has 2 rings (SSSR count). The first-order valence-electron chi connectivity index (χ1n) is 6.46. The molecule has 0 aliphatic rings. The number of benzene rings is 2. The maximum absolute atomic E-state index is 13.0. The van der Waals surface area contributed by atoms with Crippen molar-refractivity contribution in [2.24, 2.45) is 0 Å². The van der Waals surface area contributed by atoms with Crippen LogP contribution in [0.15, 0.2) is 36.4 Å². The Hall–Kier alpha value is -2.30. The first-order chi connectivity index (χ1) is 9.99. The van der Waals surface area contributed by atoms with Gasteiger partial charge in [-0.25, -0.2) is 13.2 Å². The van der Waals surface area contributed by atoms with E-state index >= 15 is 0 Å². The summed E-state index contributed by atoms with van der Waals surface area (Å²) < 4.78 is 38.9. The number of hydrogen-bond donors (Lipinski definition) is 1. The smallest absolute Gasteiger partial charge is 0.251 e. The third-order valence-electron chi connectivity index (χ3n) is 3.19. The van der Waals surface area contributed by atoms with Gasteiger partial charge in [0, 0.05) is 12.1 Å². The molecule has 0 aliphatic heterocycles. The van der Waals surface area contributed by atoms with Gasteiger partial charge in [0.25, 0.3) is 5.91 Å². The van der Waals surface area contributed by atoms with E-state index < -0.39 is 23.4 Å². The highest BCUT2D eigenvalue weighted by Gasteiger charge is 2.14. The Morgan fingerprint density at radius 3 is 2.33 bits per heavy atom. The number of hydrogen-bond acceptors (Lipinski definition) is 1. The minimum atomic E-state index is -1.58. The molecule has 21 heavy (non-hydrogen) atoms. The third-order valence-corrected chi connectivity index (χ3v) is 3.19. The Morgan fingerprint density at radius 2 is 1.71 bits per heavy atom. The van der Waals surface area contributed by atoms with Crippen LogP contribution in [0.25, 0.3) is 0 Å². The van der Waals surface area contributed by atoms with Gasteiger partial charge in [-0.05, 0) is 36.6 Å². The number of halogens is 3. The van der Waals surface area contributed by atoms with Gasteiger partial charge in [0.15, 0.2) is 17.5 Å². The van der Waals surface area contributed by atoms with Crippen LogP contribution in [0.4, 0.5) is 13.2 Å². The lowest BCUT2D eigenvalue weighted by Crippen LogP contribution is -2.26. The number of carbonyl (C=O) groups is 1. The molecule has 110 valence electrons. The quantitative estimate of drug-likeness (QED) is 0.860. The highest BCUT2D eigenvalue weighted by molar-refractivity contribution is 5.94. The molecule has 0 heterocycles. The second kappa shape index (κ2) is 6.43. The molecular formula is C16H14F3NO. The van der Waals surface area contributed by atoms with Gasteiger partial charge in [0.1, 0.15) is 0 Å². The van der Waals surface area contributed by atoms with Crippen LogP contribution < -0.4 is 5.32 Å². The maximum atomic E-state index is 13.0. The van der Waals surface area contributed by atoms with Gasteiger partial charge in [-0.1, -0.05) is 24.3 Å². The zero-order valence-corrected chi connectivity index (χ0v) is 11.4. The summed E-state index contributed by atoms with van der Waals surface area (Å²) in [6, 6.07) is 9.08. The number of aryl methyl sites for hydroxylation is 1. The van der Waals surface area contributed by atoms with E-state index in [-0.39, 0.29) is 5.56 Å². The Kier molecular flexibility index (Phi) is 4.62. The van der Waals surface area contributed by atoms with Crippen LogP contribution in [0.1, 0.15) is 21.5 Å². The van der Waals surface area contributed by atoms with Gasteiger partial charge in [-0.15, -0.1) is 0 Å². The zero-order chi connectivity index (χ0) is 15.4. The van der Waals surface area contributed by atoms with E-state index in [0.29, 0.717) is 25.1 Å². The Balaban J connectivity index is 1.98. The number of carbonyl (C=O) groups excluding carboxylic acids is 1. The average molecular weight is 293 g/mol. The molecule has 1 N–H and O–H groups in total. The second-order valence-electron chi connectivity index (χ2n) is 4.69. The van der Waals surface area contributed by atoms with Gasteiger partial charge in [0.2, 0.25) is 0 Å². The van der Waals surface area contributed by atoms with Crippen molar-refractivity contribution in [2.75, 3.05) is 6.54 Å². The second-order valence-corrected chi connectivity index (χ2v) is 4.69. The molecule has 0 aromatic heterocycles. The van der Waals surface area contributed by atoms with Crippen LogP contribution in [-0.2, 0) is 6.42 Å². The Labute approximate surface area is 120 Å². The third kappa shape index (κ3) is 3.62. The van der Waals surface area contributed by atoms with Crippen molar-refractivity contribution in [1.82, 2.24) is 5.32 Å². The SMILES string of the molecule is Cc1ccccc1CCNC(=O)c1cc(F)c(F)c(F)c1. The predicted molar refractivity (Wildman–Crippen MR) is 73.5 cm³/mol. The monoisotopic (exact) mass is 293 g/mol. The summed E-state index contributed by atoms with van der Waals surface area (Å²) >= 11 is 0. The summed E-state index contributed by atoms with van der Waals surface area (Å²) in [5.74, 6) is -4.97. The molecule has 0 spiro atoms. The summed E-state index contributed by atoms with van der Waals surface area (Å²) in [7, 11) is 0. The van der Waals surface area contributed by atoms with E-state index in [1.165, 1.54) is 0 Å². The minimum absolute atomic E-state index is 0.240. The van der Waals surface area contributed by atoms with Crippen LogP contribution in [0.5, 0.6) is 0 Å². The average Bonchev–Trinajstić information content (AvgIpc) is 2.46. The predicted octanol–water partition coefficient (Wildman–Crippen LogP) is 3.38. The molecule has 1 amide bonds. The topological polar surface area (TPSA) is 29.1 Å². The molecular weight excluding hydrogens is 279 g/mol. The van der Waals surface area contributed by atoms with Gasteiger partial charge >= 0.3 is 0 Å². The maximum Gasteiger partial charge on any atom is 0.251 e. The summed E-state index contributed by atoms with van der Waals surface area (Å²) in [6.45, 7) is 2.28. The fourth-order valence-electron chi connectivity index (χ4n) is 1.99. The minimum Gasteiger partial charge on any atom is -0.352 e. The van der Waals surface area contributed by atoms with Crippen molar-refractivity contribution in [1.29, 1.82) is 0 Å². The van der Waals surface area contributed by atoms with E-state index in [4.69, 9.17) is 0 Å². The number of rotatable bonds is 4. The molecule has 0 unspecified atom stereocenters. The fourth-order valence-corrected chi connectivity index (χ4v) is 1.99. The summed E-state index contributed by atoms with van der Waals surface area (Å²) in [4.78, 5) is 11.8. The Bertz CT molecular complexity index is 647. The highest BCUT2D eigenvalue weighted by atomic mass is 19.2. The first-order valence-corrected chi connectivity index (χ1v) is 6.46. The van der Waals surface area contributed by atoms with Crippen LogP contribution in [0.3, 0.4) is 0 Å². The molecule has 0 radical (unpaired) electrons. The summed E-state index contributed by atoms with van der Waals surface area (Å²) in [5, 5.41) is 2.55. The van der Waals surface area contributed by atoms with Gasteiger partial charge in [-0.3, -0.25) is 4.79 Å². The van der Waals surface area contributed by atoms with E-state index in [2.05, 4.69) is 5.32 Å². The largest absolute Gasteiger partial charge is 0.352 e. The molecule has 0 saturated heterocycles. The molecule has 5 heteroatoms. The van der Waals surface area contributed by atoms with E-state index in [1.807, 2.05) is 31.2 Å². The fraction of sp³-hybridized carbons (Fsp3) is 0.188. The van der Waals surface area contributed by atoms with Crippen LogP contribution in [-0.4, -0.2) is 12.5 Å². The first kappa shape index (κ1) is 15.1. The van der Waals surface area contributed by atoms with Crippen molar-refractivity contribution >= 4 is 5.91 Å². The van der Waals surface area contributed by atoms with Crippen molar-refractivity contribution in [3.05, 3.63) is 70.5 Å². The van der Waals surface area contributed by atoms with Crippen LogP contribution in [0.2, 0.25) is 0 Å². The molecule has 0 fully saturated rings.